The van der Waals surface area contributed by atoms with Crippen molar-refractivity contribution in [1.29, 1.82) is 0 Å². The normalized spacial score (nSPS) is 18.6. The quantitative estimate of drug-likeness (QED) is 0.733. The molecule has 0 radical (unpaired) electrons. The first-order valence-corrected chi connectivity index (χ1v) is 6.73. The third-order valence-electron chi connectivity index (χ3n) is 3.43. The molecule has 4 nitrogen and oxygen atoms in total. The van der Waals surface area contributed by atoms with Crippen LogP contribution in [0.5, 0.6) is 0 Å². The van der Waals surface area contributed by atoms with Gasteiger partial charge in [-0.3, -0.25) is 4.79 Å². The van der Waals surface area contributed by atoms with Gasteiger partial charge in [-0.2, -0.15) is 0 Å². The predicted octanol–water partition coefficient (Wildman–Crippen LogP) is 1.12. The van der Waals surface area contributed by atoms with Crippen LogP contribution in [0.3, 0.4) is 0 Å². The number of amides is 1. The molecule has 3 N–H and O–H groups in total. The lowest BCUT2D eigenvalue weighted by atomic mass is 10.0. The molecule has 17 heavy (non-hydrogen) atoms. The van der Waals surface area contributed by atoms with E-state index in [0.29, 0.717) is 24.9 Å². The third-order valence-corrected chi connectivity index (χ3v) is 3.43. The van der Waals surface area contributed by atoms with Gasteiger partial charge in [0, 0.05) is 12.6 Å². The molecule has 0 aromatic rings. The summed E-state index contributed by atoms with van der Waals surface area (Å²) in [4.78, 5) is 14.1. The number of carbonyl (C=O) groups is 1. The average molecular weight is 242 g/mol. The zero-order valence-electron chi connectivity index (χ0n) is 11.1. The molecule has 0 spiro atoms. The Balaban J connectivity index is 2.58. The maximum atomic E-state index is 12.2. The number of hydrogen-bond acceptors (Lipinski definition) is 3. The van der Waals surface area contributed by atoms with Crippen LogP contribution in [0, 0.1) is 5.92 Å². The molecule has 0 saturated heterocycles. The van der Waals surface area contributed by atoms with E-state index in [-0.39, 0.29) is 12.5 Å². The molecule has 1 rings (SSSR count). The Bertz CT molecular complexity index is 238. The second-order valence-corrected chi connectivity index (χ2v) is 5.43. The minimum absolute atomic E-state index is 0.0136. The fourth-order valence-electron chi connectivity index (χ4n) is 2.62. The van der Waals surface area contributed by atoms with Crippen LogP contribution in [0.25, 0.3) is 0 Å². The van der Waals surface area contributed by atoms with Gasteiger partial charge in [0.25, 0.3) is 0 Å². The van der Waals surface area contributed by atoms with E-state index in [1.165, 1.54) is 12.8 Å². The molecule has 1 saturated carbocycles. The van der Waals surface area contributed by atoms with Crippen molar-refractivity contribution < 1.29 is 9.90 Å². The van der Waals surface area contributed by atoms with Crippen molar-refractivity contribution in [2.24, 2.45) is 11.7 Å². The lowest BCUT2D eigenvalue weighted by Gasteiger charge is -2.31. The minimum Gasteiger partial charge on any atom is -0.395 e. The van der Waals surface area contributed by atoms with Crippen LogP contribution in [-0.4, -0.2) is 41.1 Å². The third kappa shape index (κ3) is 4.28. The summed E-state index contributed by atoms with van der Waals surface area (Å²) >= 11 is 0. The average Bonchev–Trinajstić information content (AvgIpc) is 2.77. The van der Waals surface area contributed by atoms with Gasteiger partial charge in [0.2, 0.25) is 5.91 Å². The Kier molecular flexibility index (Phi) is 5.92. The van der Waals surface area contributed by atoms with Crippen molar-refractivity contribution in [2.45, 2.75) is 58.0 Å². The fourth-order valence-corrected chi connectivity index (χ4v) is 2.62. The number of rotatable bonds is 6. The topological polar surface area (TPSA) is 66.6 Å². The van der Waals surface area contributed by atoms with E-state index >= 15 is 0 Å². The van der Waals surface area contributed by atoms with Gasteiger partial charge in [-0.1, -0.05) is 26.7 Å². The molecule has 0 aliphatic heterocycles. The van der Waals surface area contributed by atoms with Crippen molar-refractivity contribution >= 4 is 5.91 Å². The maximum absolute atomic E-state index is 12.2. The fraction of sp³-hybridized carbons (Fsp3) is 0.923. The Hall–Kier alpha value is -0.610. The van der Waals surface area contributed by atoms with Gasteiger partial charge < -0.3 is 15.7 Å². The summed E-state index contributed by atoms with van der Waals surface area (Å²) in [5, 5.41) is 9.07. The van der Waals surface area contributed by atoms with Gasteiger partial charge in [-0.15, -0.1) is 0 Å². The minimum atomic E-state index is -0.415. The van der Waals surface area contributed by atoms with Crippen molar-refractivity contribution in [1.82, 2.24) is 4.90 Å². The molecule has 1 unspecified atom stereocenters. The van der Waals surface area contributed by atoms with Crippen LogP contribution in [-0.2, 0) is 4.79 Å². The van der Waals surface area contributed by atoms with Crippen molar-refractivity contribution in [3.63, 3.8) is 0 Å². The van der Waals surface area contributed by atoms with E-state index in [1.807, 2.05) is 0 Å². The number of nitrogens with two attached hydrogens (primary N) is 1. The van der Waals surface area contributed by atoms with Crippen LogP contribution >= 0.6 is 0 Å². The van der Waals surface area contributed by atoms with Crippen LogP contribution in [0.4, 0.5) is 0 Å². The van der Waals surface area contributed by atoms with Crippen molar-refractivity contribution in [3.8, 4) is 0 Å². The number of carbonyl (C=O) groups excluding carboxylic acids is 1. The number of nitrogens with zero attached hydrogens (tertiary/aromatic N) is 1. The van der Waals surface area contributed by atoms with Gasteiger partial charge in [0.05, 0.1) is 12.6 Å². The molecule has 1 aliphatic rings. The van der Waals surface area contributed by atoms with E-state index in [9.17, 15) is 4.79 Å². The highest BCUT2D eigenvalue weighted by Gasteiger charge is 2.29. The summed E-state index contributed by atoms with van der Waals surface area (Å²) in [6.45, 7) is 4.59. The van der Waals surface area contributed by atoms with Gasteiger partial charge in [-0.05, 0) is 25.2 Å². The standard InChI is InChI=1S/C13H26N2O2/c1-10(2)9-12(14)13(17)15(7-8-16)11-5-3-4-6-11/h10-12,16H,3-9,14H2,1-2H3. The summed E-state index contributed by atoms with van der Waals surface area (Å²) in [5.74, 6) is 0.438. The van der Waals surface area contributed by atoms with Gasteiger partial charge in [0.15, 0.2) is 0 Å². The van der Waals surface area contributed by atoms with Crippen LogP contribution < -0.4 is 5.73 Å². The zero-order chi connectivity index (χ0) is 12.8. The zero-order valence-corrected chi connectivity index (χ0v) is 11.1. The van der Waals surface area contributed by atoms with Crippen molar-refractivity contribution in [3.05, 3.63) is 0 Å². The molecule has 1 fully saturated rings. The molecule has 0 aromatic carbocycles. The highest BCUT2D eigenvalue weighted by molar-refractivity contribution is 5.82. The lowest BCUT2D eigenvalue weighted by molar-refractivity contribution is -0.135. The Labute approximate surface area is 104 Å². The summed E-state index contributed by atoms with van der Waals surface area (Å²) in [6, 6.07) is -0.116. The molecule has 1 aliphatic carbocycles. The summed E-state index contributed by atoms with van der Waals surface area (Å²) < 4.78 is 0. The van der Waals surface area contributed by atoms with E-state index in [1.54, 1.807) is 4.90 Å². The van der Waals surface area contributed by atoms with Crippen LogP contribution in [0.2, 0.25) is 0 Å². The van der Waals surface area contributed by atoms with E-state index in [0.717, 1.165) is 12.8 Å². The first-order chi connectivity index (χ1) is 8.06. The van der Waals surface area contributed by atoms with Crippen LogP contribution in [0.15, 0.2) is 0 Å². The van der Waals surface area contributed by atoms with Crippen molar-refractivity contribution in [2.75, 3.05) is 13.2 Å². The Morgan fingerprint density at radius 1 is 1.41 bits per heavy atom. The molecule has 100 valence electrons. The first-order valence-electron chi connectivity index (χ1n) is 6.73. The SMILES string of the molecule is CC(C)CC(N)C(=O)N(CCO)C1CCCC1. The highest BCUT2D eigenvalue weighted by atomic mass is 16.3. The molecular weight excluding hydrogens is 216 g/mol. The van der Waals surface area contributed by atoms with E-state index in [4.69, 9.17) is 10.8 Å². The molecular formula is C13H26N2O2. The van der Waals surface area contributed by atoms with Gasteiger partial charge in [0.1, 0.15) is 0 Å². The molecule has 0 bridgehead atoms. The molecule has 1 atom stereocenters. The van der Waals surface area contributed by atoms with Gasteiger partial charge >= 0.3 is 0 Å². The number of hydrogen-bond donors (Lipinski definition) is 2. The molecule has 4 heteroatoms. The smallest absolute Gasteiger partial charge is 0.239 e. The Morgan fingerprint density at radius 3 is 2.47 bits per heavy atom. The number of aliphatic hydroxyl groups excluding tert-OH is 1. The summed E-state index contributed by atoms with van der Waals surface area (Å²) in [5.41, 5.74) is 5.94. The maximum Gasteiger partial charge on any atom is 0.239 e. The largest absolute Gasteiger partial charge is 0.395 e. The summed E-state index contributed by atoms with van der Waals surface area (Å²) in [6.07, 6.45) is 5.19. The molecule has 0 heterocycles. The molecule has 1 amide bonds. The number of aliphatic hydroxyl groups is 1. The highest BCUT2D eigenvalue weighted by Crippen LogP contribution is 2.24. The second-order valence-electron chi connectivity index (χ2n) is 5.43. The van der Waals surface area contributed by atoms with Crippen LogP contribution in [0.1, 0.15) is 46.0 Å². The van der Waals surface area contributed by atoms with Gasteiger partial charge in [-0.25, -0.2) is 0 Å². The monoisotopic (exact) mass is 242 g/mol. The van der Waals surface area contributed by atoms with E-state index in [2.05, 4.69) is 13.8 Å². The Morgan fingerprint density at radius 2 is 2.00 bits per heavy atom. The van der Waals surface area contributed by atoms with E-state index < -0.39 is 6.04 Å². The predicted molar refractivity (Wildman–Crippen MR) is 68.5 cm³/mol. The summed E-state index contributed by atoms with van der Waals surface area (Å²) in [7, 11) is 0. The molecule has 0 aromatic heterocycles. The second kappa shape index (κ2) is 6.97. The lowest BCUT2D eigenvalue weighted by Crippen LogP contribution is -2.49. The first kappa shape index (κ1) is 14.5.